The Labute approximate surface area is 175 Å². The zero-order chi connectivity index (χ0) is 17.6. The number of nitrogens with zero attached hydrogens (tertiary/aromatic N) is 4. The summed E-state index contributed by atoms with van der Waals surface area (Å²) in [5, 5.41) is 9.87. The fraction of sp³-hybridized carbons (Fsp3) is 0.389. The minimum Gasteiger partial charge on any atom is -0.357 e. The number of hydrogen-bond donors (Lipinski definition) is 2. The quantitative estimate of drug-likeness (QED) is 0.320. The van der Waals surface area contributed by atoms with Crippen molar-refractivity contribution in [1.82, 2.24) is 25.2 Å². The fourth-order valence-corrected chi connectivity index (χ4v) is 3.31. The van der Waals surface area contributed by atoms with E-state index in [0.717, 1.165) is 53.0 Å². The van der Waals surface area contributed by atoms with Gasteiger partial charge < -0.3 is 15.2 Å². The number of rotatable bonds is 6. The number of hydrogen-bond acceptors (Lipinski definition) is 4. The minimum atomic E-state index is 0. The summed E-state index contributed by atoms with van der Waals surface area (Å²) in [4.78, 5) is 13.8. The number of fused-ring (bicyclic) bond motifs is 1. The lowest BCUT2D eigenvalue weighted by molar-refractivity contribution is 0.768. The molecule has 0 aliphatic heterocycles. The van der Waals surface area contributed by atoms with Gasteiger partial charge in [0.15, 0.2) is 5.96 Å². The van der Waals surface area contributed by atoms with Crippen LogP contribution in [0.1, 0.15) is 23.4 Å². The molecule has 0 saturated carbocycles. The number of guanidine groups is 1. The number of aryl methyl sites for hydroxylation is 2. The van der Waals surface area contributed by atoms with Crippen molar-refractivity contribution in [3.05, 3.63) is 46.2 Å². The topological polar surface area (TPSA) is 67.1 Å². The smallest absolute Gasteiger partial charge is 0.191 e. The Morgan fingerprint density at radius 1 is 1.23 bits per heavy atom. The predicted molar refractivity (Wildman–Crippen MR) is 120 cm³/mol. The average Bonchev–Trinajstić information content (AvgIpc) is 3.16. The van der Waals surface area contributed by atoms with Gasteiger partial charge in [0.05, 0.1) is 21.7 Å². The number of aromatic nitrogens is 3. The number of imidazole rings is 1. The van der Waals surface area contributed by atoms with Crippen LogP contribution in [-0.2, 0) is 20.0 Å². The average molecular weight is 484 g/mol. The molecule has 0 spiro atoms. The van der Waals surface area contributed by atoms with E-state index in [9.17, 15) is 0 Å². The number of thiazole rings is 1. The standard InChI is InChI=1S/C18H24N6S.HI/c1-4-19-18(20-10-9-14-12-25-13(2)22-14)21-11-17-23-15-7-5-6-8-16(15)24(17)3;/h5-8,12H,4,9-11H2,1-3H3,(H2,19,20,21);1H. The molecule has 0 saturated heterocycles. The molecule has 0 atom stereocenters. The molecule has 0 amide bonds. The first-order valence-corrected chi connectivity index (χ1v) is 9.39. The van der Waals surface area contributed by atoms with E-state index < -0.39 is 0 Å². The summed E-state index contributed by atoms with van der Waals surface area (Å²) < 4.78 is 2.10. The van der Waals surface area contributed by atoms with Gasteiger partial charge in [-0.25, -0.2) is 15.0 Å². The molecule has 1 aromatic carbocycles. The van der Waals surface area contributed by atoms with Crippen LogP contribution >= 0.6 is 35.3 Å². The second kappa shape index (κ2) is 9.86. The number of aliphatic imine (C=N–C) groups is 1. The maximum absolute atomic E-state index is 4.67. The summed E-state index contributed by atoms with van der Waals surface area (Å²) in [6.45, 7) is 6.26. The molecule has 0 aliphatic rings. The molecule has 2 aromatic heterocycles. The summed E-state index contributed by atoms with van der Waals surface area (Å²) in [6.07, 6.45) is 0.890. The van der Waals surface area contributed by atoms with Gasteiger partial charge in [0, 0.05) is 31.9 Å². The molecule has 0 radical (unpaired) electrons. The highest BCUT2D eigenvalue weighted by molar-refractivity contribution is 14.0. The molecule has 26 heavy (non-hydrogen) atoms. The summed E-state index contributed by atoms with van der Waals surface area (Å²) in [5.41, 5.74) is 3.26. The molecule has 6 nitrogen and oxygen atoms in total. The summed E-state index contributed by atoms with van der Waals surface area (Å²) in [6, 6.07) is 8.15. The molecule has 140 valence electrons. The Morgan fingerprint density at radius 2 is 2.04 bits per heavy atom. The van der Waals surface area contributed by atoms with Gasteiger partial charge in [-0.05, 0) is 26.0 Å². The first kappa shape index (κ1) is 20.6. The SMILES string of the molecule is CCNC(=NCc1nc2ccccc2n1C)NCCc1csc(C)n1.I. The molecule has 2 heterocycles. The monoisotopic (exact) mass is 484 g/mol. The van der Waals surface area contributed by atoms with Gasteiger partial charge in [-0.3, -0.25) is 0 Å². The molecule has 0 bridgehead atoms. The first-order valence-electron chi connectivity index (χ1n) is 8.51. The van der Waals surface area contributed by atoms with Gasteiger partial charge in [-0.2, -0.15) is 0 Å². The van der Waals surface area contributed by atoms with E-state index in [1.807, 2.05) is 32.2 Å². The Bertz CT molecular complexity index is 870. The lowest BCUT2D eigenvalue weighted by atomic mass is 10.3. The van der Waals surface area contributed by atoms with Crippen molar-refractivity contribution in [2.45, 2.75) is 26.8 Å². The molecule has 0 fully saturated rings. The largest absolute Gasteiger partial charge is 0.357 e. The second-order valence-corrected chi connectivity index (χ2v) is 6.87. The summed E-state index contributed by atoms with van der Waals surface area (Å²) in [5.74, 6) is 1.76. The van der Waals surface area contributed by atoms with Gasteiger partial charge in [-0.15, -0.1) is 35.3 Å². The van der Waals surface area contributed by atoms with Crippen molar-refractivity contribution < 1.29 is 0 Å². The maximum atomic E-state index is 4.67. The zero-order valence-corrected chi connectivity index (χ0v) is 18.5. The van der Waals surface area contributed by atoms with Crippen molar-refractivity contribution in [1.29, 1.82) is 0 Å². The van der Waals surface area contributed by atoms with Crippen LogP contribution in [0.5, 0.6) is 0 Å². The first-order chi connectivity index (χ1) is 12.2. The van der Waals surface area contributed by atoms with Crippen molar-refractivity contribution >= 4 is 52.3 Å². The van der Waals surface area contributed by atoms with Crippen molar-refractivity contribution in [2.75, 3.05) is 13.1 Å². The third kappa shape index (κ3) is 5.16. The van der Waals surface area contributed by atoms with E-state index in [1.54, 1.807) is 11.3 Å². The normalized spacial score (nSPS) is 11.4. The third-order valence-corrected chi connectivity index (χ3v) is 4.77. The van der Waals surface area contributed by atoms with E-state index in [0.29, 0.717) is 6.54 Å². The van der Waals surface area contributed by atoms with Gasteiger partial charge in [0.2, 0.25) is 0 Å². The zero-order valence-electron chi connectivity index (χ0n) is 15.3. The maximum Gasteiger partial charge on any atom is 0.191 e. The van der Waals surface area contributed by atoms with Gasteiger partial charge in [0.1, 0.15) is 12.4 Å². The van der Waals surface area contributed by atoms with Crippen LogP contribution < -0.4 is 10.6 Å². The Kier molecular flexibility index (Phi) is 7.83. The van der Waals surface area contributed by atoms with E-state index in [2.05, 4.69) is 48.5 Å². The lowest BCUT2D eigenvalue weighted by Gasteiger charge is -2.10. The Hall–Kier alpha value is -1.68. The number of para-hydroxylation sites is 2. The van der Waals surface area contributed by atoms with Crippen LogP contribution in [0, 0.1) is 6.92 Å². The van der Waals surface area contributed by atoms with Gasteiger partial charge in [-0.1, -0.05) is 12.1 Å². The fourth-order valence-electron chi connectivity index (χ4n) is 2.66. The highest BCUT2D eigenvalue weighted by Gasteiger charge is 2.07. The molecule has 0 unspecified atom stereocenters. The molecule has 8 heteroatoms. The predicted octanol–water partition coefficient (Wildman–Crippen LogP) is 3.25. The van der Waals surface area contributed by atoms with Crippen molar-refractivity contribution in [3.8, 4) is 0 Å². The molecule has 0 aliphatic carbocycles. The molecule has 2 N–H and O–H groups in total. The Morgan fingerprint density at radius 3 is 2.73 bits per heavy atom. The van der Waals surface area contributed by atoms with E-state index in [1.165, 1.54) is 0 Å². The van der Waals surface area contributed by atoms with Crippen LogP contribution in [0.3, 0.4) is 0 Å². The molecule has 3 rings (SSSR count). The van der Waals surface area contributed by atoms with Crippen LogP contribution in [0.4, 0.5) is 0 Å². The molecule has 3 aromatic rings. The second-order valence-electron chi connectivity index (χ2n) is 5.81. The molecular formula is C18H25IN6S. The number of halogens is 1. The van der Waals surface area contributed by atoms with Gasteiger partial charge >= 0.3 is 0 Å². The van der Waals surface area contributed by atoms with Crippen LogP contribution in [-0.4, -0.2) is 33.6 Å². The number of nitrogens with one attached hydrogen (secondary N) is 2. The van der Waals surface area contributed by atoms with E-state index >= 15 is 0 Å². The van der Waals surface area contributed by atoms with Crippen molar-refractivity contribution in [3.63, 3.8) is 0 Å². The summed E-state index contributed by atoms with van der Waals surface area (Å²) in [7, 11) is 2.03. The van der Waals surface area contributed by atoms with Crippen molar-refractivity contribution in [2.24, 2.45) is 12.0 Å². The van der Waals surface area contributed by atoms with Crippen LogP contribution in [0.15, 0.2) is 34.6 Å². The van der Waals surface area contributed by atoms with E-state index in [-0.39, 0.29) is 24.0 Å². The lowest BCUT2D eigenvalue weighted by Crippen LogP contribution is -2.38. The third-order valence-electron chi connectivity index (χ3n) is 3.94. The summed E-state index contributed by atoms with van der Waals surface area (Å²) >= 11 is 1.69. The molecular weight excluding hydrogens is 459 g/mol. The number of benzene rings is 1. The highest BCUT2D eigenvalue weighted by atomic mass is 127. The van der Waals surface area contributed by atoms with Gasteiger partial charge in [0.25, 0.3) is 0 Å². The van der Waals surface area contributed by atoms with E-state index in [4.69, 9.17) is 0 Å². The Balaban J connectivity index is 0.00000243. The minimum absolute atomic E-state index is 0. The highest BCUT2D eigenvalue weighted by Crippen LogP contribution is 2.14. The van der Waals surface area contributed by atoms with Crippen LogP contribution in [0.2, 0.25) is 0 Å². The van der Waals surface area contributed by atoms with Crippen LogP contribution in [0.25, 0.3) is 11.0 Å².